The van der Waals surface area contributed by atoms with E-state index in [0.29, 0.717) is 0 Å². The van der Waals surface area contributed by atoms with Gasteiger partial charge in [-0.05, 0) is 35.7 Å². The second-order valence-electron chi connectivity index (χ2n) is 3.31. The van der Waals surface area contributed by atoms with Gasteiger partial charge < -0.3 is 5.32 Å². The first-order chi connectivity index (χ1) is 7.31. The molecule has 15 heavy (non-hydrogen) atoms. The molecule has 0 aliphatic rings. The van der Waals surface area contributed by atoms with Crippen molar-refractivity contribution in [2.24, 2.45) is 0 Å². The van der Waals surface area contributed by atoms with Crippen LogP contribution in [0.15, 0.2) is 35.7 Å². The van der Waals surface area contributed by atoms with Gasteiger partial charge in [0.15, 0.2) is 0 Å². The SMILES string of the molecule is CNCc1ccc(-c2cccs2)cc1Cl. The standard InChI is InChI=1S/C12H12ClNS/c1-14-8-10-5-4-9(7-11(10)13)12-3-2-6-15-12/h2-7,14H,8H2,1H3. The summed E-state index contributed by atoms with van der Waals surface area (Å²) in [5, 5.41) is 6.00. The third kappa shape index (κ3) is 2.40. The summed E-state index contributed by atoms with van der Waals surface area (Å²) in [6.07, 6.45) is 0. The van der Waals surface area contributed by atoms with Gasteiger partial charge in [0.25, 0.3) is 0 Å². The third-order valence-corrected chi connectivity index (χ3v) is 3.50. The fourth-order valence-electron chi connectivity index (χ4n) is 1.48. The highest BCUT2D eigenvalue weighted by molar-refractivity contribution is 7.13. The summed E-state index contributed by atoms with van der Waals surface area (Å²) in [4.78, 5) is 1.26. The second kappa shape index (κ2) is 4.79. The van der Waals surface area contributed by atoms with Crippen LogP contribution in [0.4, 0.5) is 0 Å². The van der Waals surface area contributed by atoms with Gasteiger partial charge in [0, 0.05) is 16.4 Å². The number of hydrogen-bond acceptors (Lipinski definition) is 2. The van der Waals surface area contributed by atoms with E-state index in [9.17, 15) is 0 Å². The van der Waals surface area contributed by atoms with Gasteiger partial charge in [0.05, 0.1) is 0 Å². The highest BCUT2D eigenvalue weighted by Gasteiger charge is 2.03. The number of hydrogen-bond donors (Lipinski definition) is 1. The molecule has 0 atom stereocenters. The molecule has 0 spiro atoms. The van der Waals surface area contributed by atoms with Crippen molar-refractivity contribution in [3.63, 3.8) is 0 Å². The van der Waals surface area contributed by atoms with Crippen LogP contribution in [0, 0.1) is 0 Å². The maximum absolute atomic E-state index is 6.19. The quantitative estimate of drug-likeness (QED) is 0.857. The van der Waals surface area contributed by atoms with Gasteiger partial charge in [0.1, 0.15) is 0 Å². The smallest absolute Gasteiger partial charge is 0.0457 e. The van der Waals surface area contributed by atoms with Crippen molar-refractivity contribution in [3.05, 3.63) is 46.3 Å². The van der Waals surface area contributed by atoms with E-state index in [1.54, 1.807) is 11.3 Å². The lowest BCUT2D eigenvalue weighted by Crippen LogP contribution is -2.05. The van der Waals surface area contributed by atoms with Gasteiger partial charge in [-0.15, -0.1) is 11.3 Å². The molecule has 0 saturated carbocycles. The van der Waals surface area contributed by atoms with E-state index < -0.39 is 0 Å². The maximum Gasteiger partial charge on any atom is 0.0457 e. The molecule has 1 heterocycles. The molecule has 1 aromatic carbocycles. The zero-order valence-electron chi connectivity index (χ0n) is 8.46. The molecule has 0 amide bonds. The zero-order chi connectivity index (χ0) is 10.7. The summed E-state index contributed by atoms with van der Waals surface area (Å²) in [6.45, 7) is 0.809. The van der Waals surface area contributed by atoms with Crippen LogP contribution in [0.5, 0.6) is 0 Å². The van der Waals surface area contributed by atoms with Crippen LogP contribution < -0.4 is 5.32 Å². The van der Waals surface area contributed by atoms with Crippen LogP contribution in [-0.4, -0.2) is 7.05 Å². The highest BCUT2D eigenvalue weighted by atomic mass is 35.5. The molecule has 0 saturated heterocycles. The van der Waals surface area contributed by atoms with E-state index in [-0.39, 0.29) is 0 Å². The van der Waals surface area contributed by atoms with Gasteiger partial charge in [-0.3, -0.25) is 0 Å². The van der Waals surface area contributed by atoms with Crippen LogP contribution >= 0.6 is 22.9 Å². The van der Waals surface area contributed by atoms with Crippen LogP contribution in [0.3, 0.4) is 0 Å². The molecule has 0 aliphatic heterocycles. The Hall–Kier alpha value is -0.830. The minimum absolute atomic E-state index is 0.809. The van der Waals surface area contributed by atoms with Gasteiger partial charge >= 0.3 is 0 Å². The number of benzene rings is 1. The lowest BCUT2D eigenvalue weighted by atomic mass is 10.1. The lowest BCUT2D eigenvalue weighted by Gasteiger charge is -2.05. The lowest BCUT2D eigenvalue weighted by molar-refractivity contribution is 0.818. The van der Waals surface area contributed by atoms with Crippen molar-refractivity contribution >= 4 is 22.9 Å². The van der Waals surface area contributed by atoms with Gasteiger partial charge in [-0.2, -0.15) is 0 Å². The molecule has 1 N–H and O–H groups in total. The average Bonchev–Trinajstić information content (AvgIpc) is 2.74. The summed E-state index contributed by atoms with van der Waals surface area (Å²) < 4.78 is 0. The van der Waals surface area contributed by atoms with Crippen molar-refractivity contribution in [1.82, 2.24) is 5.32 Å². The van der Waals surface area contributed by atoms with Gasteiger partial charge in [-0.25, -0.2) is 0 Å². The average molecular weight is 238 g/mol. The van der Waals surface area contributed by atoms with Crippen molar-refractivity contribution in [2.75, 3.05) is 7.05 Å². The Bertz CT molecular complexity index is 437. The van der Waals surface area contributed by atoms with Crippen molar-refractivity contribution < 1.29 is 0 Å². The normalized spacial score (nSPS) is 10.5. The van der Waals surface area contributed by atoms with E-state index in [1.165, 1.54) is 10.4 Å². The van der Waals surface area contributed by atoms with Crippen molar-refractivity contribution in [1.29, 1.82) is 0 Å². The molecule has 78 valence electrons. The van der Waals surface area contributed by atoms with Gasteiger partial charge in [0.2, 0.25) is 0 Å². The minimum atomic E-state index is 0.809. The number of nitrogens with one attached hydrogen (secondary N) is 1. The predicted molar refractivity (Wildman–Crippen MR) is 67.5 cm³/mol. The van der Waals surface area contributed by atoms with Crippen LogP contribution in [0.1, 0.15) is 5.56 Å². The number of thiophene rings is 1. The van der Waals surface area contributed by atoms with E-state index in [2.05, 4.69) is 35.0 Å². The fourth-order valence-corrected chi connectivity index (χ4v) is 2.45. The van der Waals surface area contributed by atoms with E-state index in [4.69, 9.17) is 11.6 Å². The molecule has 1 aromatic heterocycles. The molecule has 0 aliphatic carbocycles. The van der Waals surface area contributed by atoms with E-state index in [0.717, 1.165) is 17.1 Å². The van der Waals surface area contributed by atoms with Gasteiger partial charge in [-0.1, -0.05) is 29.8 Å². The summed E-state index contributed by atoms with van der Waals surface area (Å²) in [5.41, 5.74) is 2.33. The molecule has 3 heteroatoms. The molecule has 2 aromatic rings. The monoisotopic (exact) mass is 237 g/mol. The highest BCUT2D eigenvalue weighted by Crippen LogP contribution is 2.28. The predicted octanol–water partition coefficient (Wildman–Crippen LogP) is 3.79. The molecule has 0 fully saturated rings. The summed E-state index contributed by atoms with van der Waals surface area (Å²) in [6, 6.07) is 10.4. The Morgan fingerprint density at radius 2 is 2.20 bits per heavy atom. The van der Waals surface area contributed by atoms with Crippen LogP contribution in [-0.2, 0) is 6.54 Å². The molecule has 0 radical (unpaired) electrons. The molecule has 0 unspecified atom stereocenters. The molecule has 1 nitrogen and oxygen atoms in total. The summed E-state index contributed by atoms with van der Waals surface area (Å²) in [7, 11) is 1.92. The Morgan fingerprint density at radius 1 is 1.33 bits per heavy atom. The molecule has 2 rings (SSSR count). The number of halogens is 1. The Kier molecular flexibility index (Phi) is 3.41. The van der Waals surface area contributed by atoms with Crippen molar-refractivity contribution in [2.45, 2.75) is 6.54 Å². The minimum Gasteiger partial charge on any atom is -0.316 e. The first-order valence-corrected chi connectivity index (χ1v) is 6.04. The fraction of sp³-hybridized carbons (Fsp3) is 0.167. The number of rotatable bonds is 3. The first kappa shape index (κ1) is 10.7. The van der Waals surface area contributed by atoms with Crippen LogP contribution in [0.25, 0.3) is 10.4 Å². The summed E-state index contributed by atoms with van der Waals surface area (Å²) in [5.74, 6) is 0. The summed E-state index contributed by atoms with van der Waals surface area (Å²) >= 11 is 7.92. The third-order valence-electron chi connectivity index (χ3n) is 2.23. The molecule has 0 bridgehead atoms. The molecular weight excluding hydrogens is 226 g/mol. The Balaban J connectivity index is 2.33. The maximum atomic E-state index is 6.19. The van der Waals surface area contributed by atoms with Crippen molar-refractivity contribution in [3.8, 4) is 10.4 Å². The van der Waals surface area contributed by atoms with E-state index >= 15 is 0 Å². The topological polar surface area (TPSA) is 12.0 Å². The Labute approximate surface area is 98.7 Å². The largest absolute Gasteiger partial charge is 0.316 e. The zero-order valence-corrected chi connectivity index (χ0v) is 10.0. The molecular formula is C12H12ClNS. The van der Waals surface area contributed by atoms with E-state index in [1.807, 2.05) is 13.1 Å². The second-order valence-corrected chi connectivity index (χ2v) is 4.67. The van der Waals surface area contributed by atoms with Crippen LogP contribution in [0.2, 0.25) is 5.02 Å². The first-order valence-electron chi connectivity index (χ1n) is 4.78. The Morgan fingerprint density at radius 3 is 2.80 bits per heavy atom.